The third kappa shape index (κ3) is 15.7. The second-order valence-electron chi connectivity index (χ2n) is 11.0. The van der Waals surface area contributed by atoms with Crippen molar-refractivity contribution in [1.29, 1.82) is 0 Å². The Morgan fingerprint density at radius 1 is 0.547 bits per heavy atom. The molecule has 10 nitrogen and oxygen atoms in total. The van der Waals surface area contributed by atoms with Crippen molar-refractivity contribution in [2.24, 2.45) is 0 Å². The molecule has 0 unspecified atom stereocenters. The van der Waals surface area contributed by atoms with Crippen LogP contribution in [-0.2, 0) is 36.9 Å². The van der Waals surface area contributed by atoms with Crippen LogP contribution in [0.3, 0.4) is 0 Å². The molecular weight excluding hydrogens is 668 g/mol. The molecule has 0 bridgehead atoms. The number of amides is 1. The van der Waals surface area contributed by atoms with Gasteiger partial charge in [0.1, 0.15) is 0 Å². The number of hydroxylamine groups is 1. The Bertz CT molecular complexity index is 1850. The molecule has 6 N–H and O–H groups in total. The molecule has 0 aliphatic rings. The first-order chi connectivity index (χ1) is 25.8. The summed E-state index contributed by atoms with van der Waals surface area (Å²) in [6.07, 6.45) is 9.07. The van der Waals surface area contributed by atoms with Crippen molar-refractivity contribution < 1.29 is 29.1 Å². The highest BCUT2D eigenvalue weighted by Gasteiger charge is 2.01. The van der Waals surface area contributed by atoms with Gasteiger partial charge < -0.3 is 25.8 Å². The average molecular weight is 713 g/mol. The molecule has 0 saturated heterocycles. The molecule has 5 aromatic rings. The smallest absolute Gasteiger partial charge is 0.330 e. The Kier molecular flexibility index (Phi) is 18.0. The molecule has 10 heteroatoms. The van der Waals surface area contributed by atoms with Crippen molar-refractivity contribution in [1.82, 2.24) is 5.48 Å². The van der Waals surface area contributed by atoms with E-state index in [1.54, 1.807) is 29.8 Å². The van der Waals surface area contributed by atoms with Gasteiger partial charge in [-0.2, -0.15) is 0 Å². The second-order valence-corrected chi connectivity index (χ2v) is 11.0. The first-order valence-corrected chi connectivity index (χ1v) is 16.5. The number of hydrogen-bond donors (Lipinski definition) is 5. The number of anilines is 3. The number of benzene rings is 5. The summed E-state index contributed by atoms with van der Waals surface area (Å²) in [6.45, 7) is 1.45. The van der Waals surface area contributed by atoms with E-state index in [1.807, 2.05) is 115 Å². The zero-order chi connectivity index (χ0) is 38.1. The van der Waals surface area contributed by atoms with Crippen molar-refractivity contribution >= 4 is 53.1 Å². The topological polar surface area (TPSA) is 152 Å². The minimum absolute atomic E-state index is 0.358. The molecule has 0 saturated carbocycles. The minimum atomic E-state index is -0.553. The SMILES string of the molecule is COC(=O)/C=C/c1ccccc1N.COC(=O)/C=C/c1ccccc1NCc1ccccc1.O=C(/C=C/c1ccccc1NCc1ccccc1)NO. The van der Waals surface area contributed by atoms with Gasteiger partial charge in [-0.3, -0.25) is 10.0 Å². The summed E-state index contributed by atoms with van der Waals surface area (Å²) in [7, 11) is 2.70. The van der Waals surface area contributed by atoms with Gasteiger partial charge in [0.25, 0.3) is 5.91 Å². The second kappa shape index (κ2) is 23.5. The van der Waals surface area contributed by atoms with Crippen LogP contribution in [0.5, 0.6) is 0 Å². The summed E-state index contributed by atoms with van der Waals surface area (Å²) in [5, 5.41) is 15.2. The molecule has 0 aliphatic heterocycles. The first-order valence-electron chi connectivity index (χ1n) is 16.5. The van der Waals surface area contributed by atoms with E-state index < -0.39 is 5.91 Å². The van der Waals surface area contributed by atoms with Crippen molar-refractivity contribution in [2.75, 3.05) is 30.6 Å². The van der Waals surface area contributed by atoms with E-state index in [2.05, 4.69) is 32.2 Å². The van der Waals surface area contributed by atoms with Gasteiger partial charge in [-0.05, 0) is 64.2 Å². The fraction of sp³-hybridized carbons (Fsp3) is 0.0930. The van der Waals surface area contributed by atoms with Gasteiger partial charge in [-0.1, -0.05) is 115 Å². The van der Waals surface area contributed by atoms with Crippen molar-refractivity contribution in [3.8, 4) is 0 Å². The number of carbonyl (C=O) groups is 3. The van der Waals surface area contributed by atoms with Crippen LogP contribution in [0.2, 0.25) is 0 Å². The number of nitrogens with one attached hydrogen (secondary N) is 3. The van der Waals surface area contributed by atoms with Crippen LogP contribution in [0.4, 0.5) is 17.1 Å². The van der Waals surface area contributed by atoms with E-state index in [4.69, 9.17) is 10.9 Å². The molecular formula is C43H44N4O6. The average Bonchev–Trinajstić information content (AvgIpc) is 3.21. The summed E-state index contributed by atoms with van der Waals surface area (Å²) in [6, 6.07) is 43.0. The number of esters is 2. The standard InChI is InChI=1S/C17H17NO2.C16H16N2O2.C10H11NO2/c1-20-17(19)12-11-15-9-5-6-10-16(15)18-13-14-7-3-2-4-8-14;19-16(18-20)11-10-14-8-4-5-9-15(14)17-12-13-6-2-1-3-7-13;1-13-10(12)7-6-8-4-2-3-5-9(8)11/h2-12,18H,13H2,1H3;1-11,17,20H,12H2,(H,18,19);2-7H,11H2,1H3/b12-11+;11-10+;7-6+. The lowest BCUT2D eigenvalue weighted by atomic mass is 10.1. The van der Waals surface area contributed by atoms with Gasteiger partial charge >= 0.3 is 11.9 Å². The van der Waals surface area contributed by atoms with Crippen LogP contribution < -0.4 is 21.8 Å². The molecule has 1 amide bonds. The number of hydrogen-bond acceptors (Lipinski definition) is 9. The number of ether oxygens (including phenoxy) is 2. The van der Waals surface area contributed by atoms with Crippen LogP contribution in [0.15, 0.2) is 152 Å². The van der Waals surface area contributed by atoms with Crippen LogP contribution >= 0.6 is 0 Å². The normalized spacial score (nSPS) is 10.4. The molecule has 0 spiro atoms. The molecule has 0 radical (unpaired) electrons. The van der Waals surface area contributed by atoms with E-state index in [0.29, 0.717) is 12.2 Å². The molecule has 0 heterocycles. The number of carbonyl (C=O) groups excluding carboxylic acids is 3. The number of rotatable bonds is 12. The molecule has 53 heavy (non-hydrogen) atoms. The molecule has 5 rings (SSSR count). The highest BCUT2D eigenvalue weighted by Crippen LogP contribution is 2.19. The predicted molar refractivity (Wildman–Crippen MR) is 212 cm³/mol. The maximum atomic E-state index is 11.1. The largest absolute Gasteiger partial charge is 0.466 e. The van der Waals surface area contributed by atoms with Crippen molar-refractivity contribution in [3.05, 3.63) is 180 Å². The number of nitrogens with two attached hydrogens (primary N) is 1. The maximum absolute atomic E-state index is 11.1. The highest BCUT2D eigenvalue weighted by atomic mass is 16.5. The van der Waals surface area contributed by atoms with E-state index in [1.165, 1.54) is 43.6 Å². The van der Waals surface area contributed by atoms with Gasteiger partial charge in [0.05, 0.1) is 14.2 Å². The maximum Gasteiger partial charge on any atom is 0.330 e. The Hall–Kier alpha value is -6.91. The lowest BCUT2D eigenvalue weighted by Gasteiger charge is -2.09. The van der Waals surface area contributed by atoms with Crippen molar-refractivity contribution in [3.63, 3.8) is 0 Å². The summed E-state index contributed by atoms with van der Waals surface area (Å²) < 4.78 is 9.04. The van der Waals surface area contributed by atoms with Gasteiger partial charge in [-0.15, -0.1) is 0 Å². The monoisotopic (exact) mass is 712 g/mol. The van der Waals surface area contributed by atoms with Crippen LogP contribution in [-0.4, -0.2) is 37.3 Å². The third-order valence-corrected chi connectivity index (χ3v) is 7.29. The Balaban J connectivity index is 0.000000220. The van der Waals surface area contributed by atoms with E-state index in [0.717, 1.165) is 34.6 Å². The molecule has 0 atom stereocenters. The minimum Gasteiger partial charge on any atom is -0.466 e. The van der Waals surface area contributed by atoms with Crippen LogP contribution in [0.25, 0.3) is 18.2 Å². The van der Waals surface area contributed by atoms with Gasteiger partial charge in [0.2, 0.25) is 0 Å². The molecule has 0 aliphatic carbocycles. The quantitative estimate of drug-likeness (QED) is 0.0287. The number of para-hydroxylation sites is 3. The highest BCUT2D eigenvalue weighted by molar-refractivity contribution is 5.92. The van der Waals surface area contributed by atoms with Gasteiger partial charge in [0.15, 0.2) is 0 Å². The third-order valence-electron chi connectivity index (χ3n) is 7.29. The lowest BCUT2D eigenvalue weighted by Crippen LogP contribution is -2.14. The fourth-order valence-corrected chi connectivity index (χ4v) is 4.51. The van der Waals surface area contributed by atoms with E-state index in [9.17, 15) is 14.4 Å². The van der Waals surface area contributed by atoms with E-state index in [-0.39, 0.29) is 11.9 Å². The predicted octanol–water partition coefficient (Wildman–Crippen LogP) is 7.76. The summed E-state index contributed by atoms with van der Waals surface area (Å²) in [4.78, 5) is 32.9. The Morgan fingerprint density at radius 2 is 0.925 bits per heavy atom. The number of nitrogen functional groups attached to an aromatic ring is 1. The van der Waals surface area contributed by atoms with Gasteiger partial charge in [0, 0.05) is 48.4 Å². The summed E-state index contributed by atoms with van der Waals surface area (Å²) in [5.74, 6) is -1.30. The van der Waals surface area contributed by atoms with Crippen LogP contribution in [0, 0.1) is 0 Å². The molecule has 0 fully saturated rings. The lowest BCUT2D eigenvalue weighted by molar-refractivity contribution is -0.135. The first kappa shape index (κ1) is 40.5. The number of methoxy groups -OCH3 is 2. The summed E-state index contributed by atoms with van der Waals surface area (Å²) in [5.41, 5.74) is 14.8. The summed E-state index contributed by atoms with van der Waals surface area (Å²) >= 11 is 0. The fourth-order valence-electron chi connectivity index (χ4n) is 4.51. The molecule has 272 valence electrons. The van der Waals surface area contributed by atoms with E-state index >= 15 is 0 Å². The van der Waals surface area contributed by atoms with Crippen LogP contribution in [0.1, 0.15) is 27.8 Å². The Morgan fingerprint density at radius 3 is 1.36 bits per heavy atom. The molecule has 5 aromatic carbocycles. The zero-order valence-corrected chi connectivity index (χ0v) is 29.6. The molecule has 0 aromatic heterocycles. The Labute approximate surface area is 310 Å². The zero-order valence-electron chi connectivity index (χ0n) is 29.6. The van der Waals surface area contributed by atoms with Crippen molar-refractivity contribution in [2.45, 2.75) is 13.1 Å². The van der Waals surface area contributed by atoms with Gasteiger partial charge in [-0.25, -0.2) is 15.1 Å².